The molecule has 2 N–H and O–H groups in total. The molecule has 3 nitrogen and oxygen atoms in total. The molecule has 1 aliphatic carbocycles. The minimum Gasteiger partial charge on any atom is -0.393 e. The van der Waals surface area contributed by atoms with E-state index in [-0.39, 0.29) is 12.0 Å². The summed E-state index contributed by atoms with van der Waals surface area (Å²) in [6.07, 6.45) is 2.31. The molecule has 0 spiro atoms. The lowest BCUT2D eigenvalue weighted by Crippen LogP contribution is -2.29. The van der Waals surface area contributed by atoms with Crippen molar-refractivity contribution in [2.75, 3.05) is 6.54 Å². The molecule has 2 rings (SSSR count). The minimum absolute atomic E-state index is 0.171. The van der Waals surface area contributed by atoms with E-state index in [0.29, 0.717) is 31.6 Å². The minimum atomic E-state index is -0.220. The van der Waals surface area contributed by atoms with E-state index < -0.39 is 0 Å². The fraction of sp³-hybridized carbons (Fsp3) is 0.462. The van der Waals surface area contributed by atoms with Gasteiger partial charge in [-0.2, -0.15) is 0 Å². The Hall–Kier alpha value is -0.0400. The van der Waals surface area contributed by atoms with Gasteiger partial charge in [-0.3, -0.25) is 4.79 Å². The average Bonchev–Trinajstić information content (AvgIpc) is 2.76. The first-order valence-electron chi connectivity index (χ1n) is 6.08. The van der Waals surface area contributed by atoms with Gasteiger partial charge in [0.25, 0.3) is 5.91 Å². The maximum Gasteiger partial charge on any atom is 0.252 e. The van der Waals surface area contributed by atoms with Crippen LogP contribution >= 0.6 is 45.8 Å². The summed E-state index contributed by atoms with van der Waals surface area (Å²) >= 11 is 14.0. The number of carbonyl (C=O) groups is 1. The Kier molecular flexibility index (Phi) is 5.34. The highest BCUT2D eigenvalue weighted by molar-refractivity contribution is 14.1. The van der Waals surface area contributed by atoms with E-state index in [4.69, 9.17) is 23.2 Å². The molecule has 0 saturated heterocycles. The molecule has 0 aliphatic heterocycles. The van der Waals surface area contributed by atoms with Crippen molar-refractivity contribution in [2.24, 2.45) is 5.92 Å². The van der Waals surface area contributed by atoms with Crippen molar-refractivity contribution in [3.8, 4) is 0 Å². The van der Waals surface area contributed by atoms with Crippen LogP contribution in [0, 0.1) is 9.49 Å². The van der Waals surface area contributed by atoms with Gasteiger partial charge < -0.3 is 10.4 Å². The molecule has 1 amide bonds. The van der Waals surface area contributed by atoms with Crippen LogP contribution in [0.25, 0.3) is 0 Å². The normalized spacial score (nSPS) is 22.5. The Bertz CT molecular complexity index is 496. The number of carbonyl (C=O) groups excluding carboxylic acids is 1. The zero-order valence-electron chi connectivity index (χ0n) is 10.1. The maximum absolute atomic E-state index is 12.1. The number of halogens is 3. The van der Waals surface area contributed by atoms with E-state index in [0.717, 1.165) is 19.3 Å². The van der Waals surface area contributed by atoms with Gasteiger partial charge in [0.1, 0.15) is 0 Å². The van der Waals surface area contributed by atoms with Gasteiger partial charge in [0.2, 0.25) is 0 Å². The topological polar surface area (TPSA) is 49.3 Å². The lowest BCUT2D eigenvalue weighted by molar-refractivity contribution is 0.0944. The standard InChI is InChI=1S/C13H14Cl2INO2/c14-8-4-10(12(16)11(15)5-8)13(19)17-6-7-1-2-9(18)3-7/h4-5,7,9,18H,1-3,6H2,(H,17,19). The lowest BCUT2D eigenvalue weighted by Gasteiger charge is -2.12. The van der Waals surface area contributed by atoms with Crippen LogP contribution in [0.15, 0.2) is 12.1 Å². The van der Waals surface area contributed by atoms with E-state index in [1.807, 2.05) is 22.6 Å². The second-order valence-electron chi connectivity index (χ2n) is 4.79. The van der Waals surface area contributed by atoms with Crippen molar-refractivity contribution >= 4 is 51.7 Å². The van der Waals surface area contributed by atoms with Gasteiger partial charge >= 0.3 is 0 Å². The Morgan fingerprint density at radius 2 is 2.16 bits per heavy atom. The summed E-state index contributed by atoms with van der Waals surface area (Å²) in [5, 5.41) is 13.3. The van der Waals surface area contributed by atoms with Crippen molar-refractivity contribution in [3.05, 3.63) is 31.3 Å². The Morgan fingerprint density at radius 1 is 1.42 bits per heavy atom. The molecule has 0 heterocycles. The highest BCUT2D eigenvalue weighted by atomic mass is 127. The van der Waals surface area contributed by atoms with Crippen LogP contribution in [-0.2, 0) is 0 Å². The van der Waals surface area contributed by atoms with Crippen molar-refractivity contribution < 1.29 is 9.90 Å². The van der Waals surface area contributed by atoms with Gasteiger partial charge in [-0.15, -0.1) is 0 Å². The number of hydrogen-bond donors (Lipinski definition) is 2. The number of amides is 1. The van der Waals surface area contributed by atoms with Gasteiger partial charge in [-0.25, -0.2) is 0 Å². The van der Waals surface area contributed by atoms with Crippen LogP contribution in [0.1, 0.15) is 29.6 Å². The zero-order valence-corrected chi connectivity index (χ0v) is 13.8. The summed E-state index contributed by atoms with van der Waals surface area (Å²) in [6, 6.07) is 3.24. The van der Waals surface area contributed by atoms with E-state index in [1.54, 1.807) is 12.1 Å². The third kappa shape index (κ3) is 3.97. The highest BCUT2D eigenvalue weighted by Gasteiger charge is 2.23. The number of benzene rings is 1. The molecule has 1 aliphatic rings. The molecule has 0 aromatic heterocycles. The average molecular weight is 414 g/mol. The van der Waals surface area contributed by atoms with Crippen LogP contribution in [0.3, 0.4) is 0 Å². The predicted octanol–water partition coefficient (Wildman–Crippen LogP) is 3.49. The first kappa shape index (κ1) is 15.4. The Morgan fingerprint density at radius 3 is 2.79 bits per heavy atom. The molecule has 2 unspecified atom stereocenters. The van der Waals surface area contributed by atoms with Crippen LogP contribution < -0.4 is 5.32 Å². The van der Waals surface area contributed by atoms with Gasteiger partial charge in [0.15, 0.2) is 0 Å². The molecule has 104 valence electrons. The van der Waals surface area contributed by atoms with Gasteiger partial charge in [-0.05, 0) is 59.9 Å². The van der Waals surface area contributed by atoms with Crippen LogP contribution in [0.2, 0.25) is 10.0 Å². The molecule has 1 aromatic rings. The van der Waals surface area contributed by atoms with Crippen molar-refractivity contribution in [1.29, 1.82) is 0 Å². The monoisotopic (exact) mass is 413 g/mol. The number of rotatable bonds is 3. The maximum atomic E-state index is 12.1. The third-order valence-electron chi connectivity index (χ3n) is 3.30. The van der Waals surface area contributed by atoms with Gasteiger partial charge in [-0.1, -0.05) is 23.2 Å². The molecule has 1 aromatic carbocycles. The first-order valence-corrected chi connectivity index (χ1v) is 7.91. The van der Waals surface area contributed by atoms with E-state index in [9.17, 15) is 9.90 Å². The summed E-state index contributed by atoms with van der Waals surface area (Å²) in [7, 11) is 0. The summed E-state index contributed by atoms with van der Waals surface area (Å²) in [5.41, 5.74) is 0.497. The van der Waals surface area contributed by atoms with Crippen molar-refractivity contribution in [1.82, 2.24) is 5.32 Å². The Balaban J connectivity index is 2.00. The largest absolute Gasteiger partial charge is 0.393 e. The molecule has 1 fully saturated rings. The predicted molar refractivity (Wildman–Crippen MR) is 84.9 cm³/mol. The number of aliphatic hydroxyl groups excluding tert-OH is 1. The summed E-state index contributed by atoms with van der Waals surface area (Å²) in [6.45, 7) is 0.579. The van der Waals surface area contributed by atoms with Crippen LogP contribution in [-0.4, -0.2) is 23.7 Å². The quantitative estimate of drug-likeness (QED) is 0.588. The number of nitrogens with one attached hydrogen (secondary N) is 1. The lowest BCUT2D eigenvalue weighted by atomic mass is 10.1. The fourth-order valence-corrected chi connectivity index (χ4v) is 3.34. The van der Waals surface area contributed by atoms with Crippen LogP contribution in [0.5, 0.6) is 0 Å². The highest BCUT2D eigenvalue weighted by Crippen LogP contribution is 2.27. The van der Waals surface area contributed by atoms with E-state index in [1.165, 1.54) is 0 Å². The Labute approximate surface area is 135 Å². The number of hydrogen-bond acceptors (Lipinski definition) is 2. The van der Waals surface area contributed by atoms with Crippen LogP contribution in [0.4, 0.5) is 0 Å². The van der Waals surface area contributed by atoms with Gasteiger partial charge in [0.05, 0.1) is 16.7 Å². The molecule has 19 heavy (non-hydrogen) atoms. The SMILES string of the molecule is O=C(NCC1CCC(O)C1)c1cc(Cl)cc(Cl)c1I. The second kappa shape index (κ2) is 6.61. The summed E-state index contributed by atoms with van der Waals surface area (Å²) < 4.78 is 0.702. The number of aliphatic hydroxyl groups is 1. The fourth-order valence-electron chi connectivity index (χ4n) is 2.29. The molecule has 0 radical (unpaired) electrons. The van der Waals surface area contributed by atoms with Gasteiger partial charge in [0, 0.05) is 15.1 Å². The second-order valence-corrected chi connectivity index (χ2v) is 6.71. The van der Waals surface area contributed by atoms with E-state index in [2.05, 4.69) is 5.32 Å². The first-order chi connectivity index (χ1) is 8.97. The smallest absolute Gasteiger partial charge is 0.252 e. The summed E-state index contributed by atoms with van der Waals surface area (Å²) in [4.78, 5) is 12.1. The molecule has 6 heteroatoms. The van der Waals surface area contributed by atoms with E-state index >= 15 is 0 Å². The third-order valence-corrected chi connectivity index (χ3v) is 5.30. The molecular formula is C13H14Cl2INO2. The van der Waals surface area contributed by atoms with Crippen molar-refractivity contribution in [3.63, 3.8) is 0 Å². The summed E-state index contributed by atoms with van der Waals surface area (Å²) in [5.74, 6) is 0.182. The molecular weight excluding hydrogens is 400 g/mol. The molecule has 1 saturated carbocycles. The molecule has 0 bridgehead atoms. The van der Waals surface area contributed by atoms with Crippen molar-refractivity contribution in [2.45, 2.75) is 25.4 Å². The zero-order chi connectivity index (χ0) is 14.0. The molecule has 2 atom stereocenters.